The number of rotatable bonds is 25. The highest BCUT2D eigenvalue weighted by Gasteiger charge is 2.07. The highest BCUT2D eigenvalue weighted by atomic mass is 33.1. The van der Waals surface area contributed by atoms with E-state index in [4.69, 9.17) is 0 Å². The van der Waals surface area contributed by atoms with Crippen LogP contribution >= 0.6 is 21.6 Å². The van der Waals surface area contributed by atoms with E-state index in [0.29, 0.717) is 24.2 Å². The Morgan fingerprint density at radius 1 is 0.455 bits per heavy atom. The fraction of sp³-hybridized carbons (Fsp3) is 0.588. The standard InChI is InChI=1S/C34H52N2O6S2/c37-29-21-19-27(25-31(29)39)35-33(41)17-13-9-5-1-3-7-11-15-23-43-44-24-16-12-8-4-2-6-10-14-18-34(42)36-28-20-22-30(38)32(40)26-28/h19-22,25-26,37-40H,1-18,23-24H2,(H,35,41)(H,36,42). The number of nitrogens with one attached hydrogen (secondary N) is 2. The summed E-state index contributed by atoms with van der Waals surface area (Å²) in [7, 11) is 4.02. The van der Waals surface area contributed by atoms with Crippen LogP contribution in [-0.4, -0.2) is 43.7 Å². The van der Waals surface area contributed by atoms with Crippen molar-refractivity contribution in [3.63, 3.8) is 0 Å². The summed E-state index contributed by atoms with van der Waals surface area (Å²) in [5.74, 6) is 1.47. The molecule has 0 aliphatic rings. The molecule has 2 aromatic carbocycles. The summed E-state index contributed by atoms with van der Waals surface area (Å²) in [5.41, 5.74) is 0.993. The third-order valence-electron chi connectivity index (χ3n) is 7.36. The highest BCUT2D eigenvalue weighted by Crippen LogP contribution is 2.29. The summed E-state index contributed by atoms with van der Waals surface area (Å²) in [6.07, 6.45) is 19.8. The maximum atomic E-state index is 12.0. The van der Waals surface area contributed by atoms with E-state index >= 15 is 0 Å². The number of unbranched alkanes of at least 4 members (excludes halogenated alkanes) is 14. The van der Waals surface area contributed by atoms with Crippen molar-refractivity contribution in [1.29, 1.82) is 0 Å². The lowest BCUT2D eigenvalue weighted by molar-refractivity contribution is -0.117. The van der Waals surface area contributed by atoms with Crippen LogP contribution in [0.15, 0.2) is 36.4 Å². The van der Waals surface area contributed by atoms with E-state index in [9.17, 15) is 30.0 Å². The third kappa shape index (κ3) is 18.2. The van der Waals surface area contributed by atoms with Crippen molar-refractivity contribution < 1.29 is 30.0 Å². The van der Waals surface area contributed by atoms with Crippen molar-refractivity contribution in [3.8, 4) is 23.0 Å². The van der Waals surface area contributed by atoms with Crippen molar-refractivity contribution >= 4 is 44.8 Å². The Morgan fingerprint density at radius 2 is 0.773 bits per heavy atom. The van der Waals surface area contributed by atoms with Crippen molar-refractivity contribution in [2.24, 2.45) is 0 Å². The number of carbonyl (C=O) groups excluding carboxylic acids is 2. The molecule has 0 aromatic heterocycles. The predicted molar refractivity (Wildman–Crippen MR) is 185 cm³/mol. The lowest BCUT2D eigenvalue weighted by Gasteiger charge is -2.07. The van der Waals surface area contributed by atoms with Gasteiger partial charge < -0.3 is 31.1 Å². The van der Waals surface area contributed by atoms with Gasteiger partial charge in [-0.3, -0.25) is 9.59 Å². The number of carbonyl (C=O) groups is 2. The Labute approximate surface area is 271 Å². The number of anilines is 2. The molecule has 246 valence electrons. The van der Waals surface area contributed by atoms with Gasteiger partial charge in [0.15, 0.2) is 23.0 Å². The minimum atomic E-state index is -0.234. The lowest BCUT2D eigenvalue weighted by Crippen LogP contribution is -2.10. The summed E-state index contributed by atoms with van der Waals surface area (Å²) in [4.78, 5) is 24.0. The van der Waals surface area contributed by atoms with Crippen LogP contribution < -0.4 is 10.6 Å². The van der Waals surface area contributed by atoms with E-state index in [2.05, 4.69) is 10.6 Å². The van der Waals surface area contributed by atoms with E-state index in [1.807, 2.05) is 21.6 Å². The first-order chi connectivity index (χ1) is 21.3. The minimum Gasteiger partial charge on any atom is -0.504 e. The average molecular weight is 649 g/mol. The smallest absolute Gasteiger partial charge is 0.224 e. The monoisotopic (exact) mass is 648 g/mol. The van der Waals surface area contributed by atoms with Gasteiger partial charge in [-0.15, -0.1) is 0 Å². The molecule has 10 heteroatoms. The molecule has 0 unspecified atom stereocenters. The largest absolute Gasteiger partial charge is 0.504 e. The average Bonchev–Trinajstić information content (AvgIpc) is 2.99. The molecule has 2 rings (SSSR count). The van der Waals surface area contributed by atoms with Crippen molar-refractivity contribution in [1.82, 2.24) is 0 Å². The van der Waals surface area contributed by atoms with E-state index in [-0.39, 0.29) is 34.8 Å². The number of hydrogen-bond donors (Lipinski definition) is 6. The Kier molecular flexibility index (Phi) is 20.1. The van der Waals surface area contributed by atoms with Gasteiger partial charge in [0, 0.05) is 47.9 Å². The highest BCUT2D eigenvalue weighted by molar-refractivity contribution is 8.76. The molecule has 8 nitrogen and oxygen atoms in total. The maximum Gasteiger partial charge on any atom is 0.224 e. The Hall–Kier alpha value is -2.72. The Balaban J connectivity index is 1.25. The van der Waals surface area contributed by atoms with Crippen LogP contribution in [0.5, 0.6) is 23.0 Å². The van der Waals surface area contributed by atoms with Gasteiger partial charge in [0.1, 0.15) is 0 Å². The molecule has 2 aromatic rings. The van der Waals surface area contributed by atoms with E-state index in [1.165, 1.54) is 100.0 Å². The maximum absolute atomic E-state index is 12.0. The number of hydrogen-bond acceptors (Lipinski definition) is 8. The predicted octanol–water partition coefficient (Wildman–Crippen LogP) is 9.49. The fourth-order valence-electron chi connectivity index (χ4n) is 4.78. The van der Waals surface area contributed by atoms with Crippen molar-refractivity contribution in [3.05, 3.63) is 36.4 Å². The molecule has 0 saturated carbocycles. The molecule has 0 atom stereocenters. The summed E-state index contributed by atoms with van der Waals surface area (Å²) < 4.78 is 0. The van der Waals surface area contributed by atoms with Crippen LogP contribution in [0, 0.1) is 0 Å². The van der Waals surface area contributed by atoms with Gasteiger partial charge in [-0.2, -0.15) is 0 Å². The molecule has 0 aliphatic carbocycles. The summed E-state index contributed by atoms with van der Waals surface area (Å²) in [6, 6.07) is 8.57. The first-order valence-electron chi connectivity index (χ1n) is 16.2. The SMILES string of the molecule is O=C(CCCCCCCCCCSSCCCCCCCCCCC(=O)Nc1ccc(O)c(O)c1)Nc1ccc(O)c(O)c1. The number of aromatic hydroxyl groups is 4. The Morgan fingerprint density at radius 3 is 1.11 bits per heavy atom. The lowest BCUT2D eigenvalue weighted by atomic mass is 10.1. The van der Waals surface area contributed by atoms with Crippen LogP contribution in [0.3, 0.4) is 0 Å². The number of amides is 2. The molecule has 0 saturated heterocycles. The zero-order valence-corrected chi connectivity index (χ0v) is 27.7. The fourth-order valence-corrected chi connectivity index (χ4v) is 7.08. The molecule has 0 spiro atoms. The molecule has 0 aliphatic heterocycles. The molecule has 2 amide bonds. The van der Waals surface area contributed by atoms with Gasteiger partial charge in [0.25, 0.3) is 0 Å². The molecule has 0 heterocycles. The molecule has 6 N–H and O–H groups in total. The first-order valence-corrected chi connectivity index (χ1v) is 18.7. The van der Waals surface area contributed by atoms with Crippen LogP contribution in [-0.2, 0) is 9.59 Å². The number of benzene rings is 2. The molecule has 0 bridgehead atoms. The van der Waals surface area contributed by atoms with Crippen LogP contribution in [0.2, 0.25) is 0 Å². The summed E-state index contributed by atoms with van der Waals surface area (Å²) in [6.45, 7) is 0. The first kappa shape index (κ1) is 37.5. The van der Waals surface area contributed by atoms with Gasteiger partial charge in [0.2, 0.25) is 11.8 Å². The Bertz CT molecular complexity index is 1020. The van der Waals surface area contributed by atoms with E-state index in [1.54, 1.807) is 12.1 Å². The molecular weight excluding hydrogens is 597 g/mol. The van der Waals surface area contributed by atoms with Gasteiger partial charge >= 0.3 is 0 Å². The van der Waals surface area contributed by atoms with Crippen LogP contribution in [0.25, 0.3) is 0 Å². The van der Waals surface area contributed by atoms with Gasteiger partial charge in [0.05, 0.1) is 0 Å². The second-order valence-corrected chi connectivity index (χ2v) is 14.0. The second kappa shape index (κ2) is 23.6. The summed E-state index contributed by atoms with van der Waals surface area (Å²) in [5, 5.41) is 43.1. The van der Waals surface area contributed by atoms with E-state index in [0.717, 1.165) is 38.5 Å². The van der Waals surface area contributed by atoms with Gasteiger partial charge in [-0.05, 0) is 49.9 Å². The molecule has 0 fully saturated rings. The minimum absolute atomic E-state index is 0.0639. The molecule has 44 heavy (non-hydrogen) atoms. The molecule has 0 radical (unpaired) electrons. The van der Waals surface area contributed by atoms with Gasteiger partial charge in [-0.1, -0.05) is 98.6 Å². The van der Waals surface area contributed by atoms with E-state index < -0.39 is 0 Å². The quantitative estimate of drug-likeness (QED) is 0.0271. The van der Waals surface area contributed by atoms with Crippen LogP contribution in [0.4, 0.5) is 11.4 Å². The number of phenolic OH excluding ortho intramolecular Hbond substituents is 4. The zero-order chi connectivity index (χ0) is 31.8. The van der Waals surface area contributed by atoms with Crippen molar-refractivity contribution in [2.75, 3.05) is 22.1 Å². The van der Waals surface area contributed by atoms with Crippen LogP contribution in [0.1, 0.15) is 116 Å². The number of phenols is 4. The second-order valence-electron chi connectivity index (χ2n) is 11.3. The normalized spacial score (nSPS) is 11.0. The topological polar surface area (TPSA) is 139 Å². The van der Waals surface area contributed by atoms with Gasteiger partial charge in [-0.25, -0.2) is 0 Å². The zero-order valence-electron chi connectivity index (χ0n) is 26.0. The summed E-state index contributed by atoms with van der Waals surface area (Å²) >= 11 is 0. The third-order valence-corrected chi connectivity index (χ3v) is 9.94. The molecular formula is C34H52N2O6S2. The van der Waals surface area contributed by atoms with Crippen molar-refractivity contribution in [2.45, 2.75) is 116 Å².